The van der Waals surface area contributed by atoms with Crippen LogP contribution < -0.4 is 10.2 Å². The van der Waals surface area contributed by atoms with E-state index in [0.29, 0.717) is 44.1 Å². The number of anilines is 2. The largest absolute Gasteiger partial charge is 0.417 e. The summed E-state index contributed by atoms with van der Waals surface area (Å²) in [5, 5.41) is 3.16. The highest BCUT2D eigenvalue weighted by Gasteiger charge is 2.32. The fourth-order valence-electron chi connectivity index (χ4n) is 5.17. The summed E-state index contributed by atoms with van der Waals surface area (Å²) in [6.45, 7) is 2.78. The molecule has 1 N–H and O–H groups in total. The Kier molecular flexibility index (Phi) is 8.72. The molecule has 38 heavy (non-hydrogen) atoms. The number of alkyl halides is 6. The van der Waals surface area contributed by atoms with Gasteiger partial charge in [0.15, 0.2) is 0 Å². The molecule has 0 radical (unpaired) electrons. The van der Waals surface area contributed by atoms with Crippen LogP contribution in [0.15, 0.2) is 42.6 Å². The van der Waals surface area contributed by atoms with E-state index in [-0.39, 0.29) is 11.9 Å². The van der Waals surface area contributed by atoms with Crippen LogP contribution in [0.2, 0.25) is 0 Å². The number of nitrogens with zero attached hydrogens (tertiary/aromatic N) is 3. The van der Waals surface area contributed by atoms with Crippen molar-refractivity contribution in [2.45, 2.75) is 63.3 Å². The van der Waals surface area contributed by atoms with Crippen molar-refractivity contribution in [1.82, 2.24) is 9.88 Å². The lowest BCUT2D eigenvalue weighted by molar-refractivity contribution is -0.138. The molecular weight excluding hydrogens is 510 g/mol. The molecular formula is C27H32F6N4O. The number of pyridine rings is 1. The minimum absolute atomic E-state index is 0.0538. The second kappa shape index (κ2) is 11.8. The van der Waals surface area contributed by atoms with Crippen molar-refractivity contribution in [3.8, 4) is 0 Å². The molecule has 2 fully saturated rings. The van der Waals surface area contributed by atoms with E-state index in [2.05, 4.69) is 15.2 Å². The molecule has 2 aliphatic rings. The maximum Gasteiger partial charge on any atom is 0.417 e. The summed E-state index contributed by atoms with van der Waals surface area (Å²) in [6, 6.07) is 7.69. The normalized spacial score (nSPS) is 18.1. The number of likely N-dealkylation sites (tertiary alicyclic amines) is 1. The average Bonchev–Trinajstić information content (AvgIpc) is 2.89. The van der Waals surface area contributed by atoms with Crippen molar-refractivity contribution in [1.29, 1.82) is 0 Å². The third kappa shape index (κ3) is 7.54. The Labute approximate surface area is 218 Å². The zero-order valence-electron chi connectivity index (χ0n) is 21.0. The van der Waals surface area contributed by atoms with Crippen LogP contribution in [0.25, 0.3) is 0 Å². The summed E-state index contributed by atoms with van der Waals surface area (Å²) in [5.74, 6) is 1.02. The number of benzene rings is 1. The van der Waals surface area contributed by atoms with Gasteiger partial charge in [-0.1, -0.05) is 0 Å². The van der Waals surface area contributed by atoms with Gasteiger partial charge in [-0.3, -0.25) is 4.79 Å². The van der Waals surface area contributed by atoms with Gasteiger partial charge in [0, 0.05) is 50.5 Å². The molecule has 0 bridgehead atoms. The smallest absolute Gasteiger partial charge is 0.372 e. The highest BCUT2D eigenvalue weighted by Crippen LogP contribution is 2.32. The van der Waals surface area contributed by atoms with Crippen LogP contribution in [0.1, 0.15) is 56.1 Å². The number of carbonyl (C=O) groups is 1. The lowest BCUT2D eigenvalue weighted by atomic mass is 9.91. The summed E-state index contributed by atoms with van der Waals surface area (Å²) in [7, 11) is 0. The molecule has 0 spiro atoms. The third-order valence-electron chi connectivity index (χ3n) is 7.47. The number of nitrogens with one attached hydrogen (secondary N) is 1. The third-order valence-corrected chi connectivity index (χ3v) is 7.47. The maximum absolute atomic E-state index is 12.8. The molecule has 0 saturated carbocycles. The monoisotopic (exact) mass is 542 g/mol. The van der Waals surface area contributed by atoms with Crippen LogP contribution in [-0.4, -0.2) is 48.0 Å². The molecule has 0 aliphatic carbocycles. The number of halogens is 6. The second-order valence-electron chi connectivity index (χ2n) is 10.1. The second-order valence-corrected chi connectivity index (χ2v) is 10.1. The van der Waals surface area contributed by atoms with Crippen molar-refractivity contribution in [2.24, 2.45) is 5.92 Å². The Morgan fingerprint density at radius 1 is 0.842 bits per heavy atom. The molecule has 4 rings (SSSR count). The van der Waals surface area contributed by atoms with Crippen LogP contribution >= 0.6 is 0 Å². The first-order valence-corrected chi connectivity index (χ1v) is 13.0. The van der Waals surface area contributed by atoms with Crippen molar-refractivity contribution in [3.63, 3.8) is 0 Å². The van der Waals surface area contributed by atoms with Gasteiger partial charge < -0.3 is 15.1 Å². The maximum atomic E-state index is 12.8. The zero-order chi connectivity index (χ0) is 27.3. The van der Waals surface area contributed by atoms with E-state index in [1.807, 2.05) is 4.90 Å². The molecule has 11 heteroatoms. The molecule has 0 atom stereocenters. The highest BCUT2D eigenvalue weighted by atomic mass is 19.4. The predicted molar refractivity (Wildman–Crippen MR) is 133 cm³/mol. The summed E-state index contributed by atoms with van der Waals surface area (Å²) in [5.41, 5.74) is -0.621. The summed E-state index contributed by atoms with van der Waals surface area (Å²) < 4.78 is 76.4. The standard InChI is InChI=1S/C27H32F6N4O/c28-26(29,30)20-4-7-23(8-5-20)36-14-10-19(11-15-36)2-1-3-25(38)37-16-12-22(13-17-37)35-24-9-6-21(18-34-24)27(31,32)33/h4-9,18-19,22H,1-3,10-17H2,(H,34,35). The van der Waals surface area contributed by atoms with Crippen molar-refractivity contribution >= 4 is 17.4 Å². The Hall–Kier alpha value is -2.98. The van der Waals surface area contributed by atoms with Crippen LogP contribution in [0.3, 0.4) is 0 Å². The Balaban J connectivity index is 1.12. The Bertz CT molecular complexity index is 1040. The molecule has 3 heterocycles. The van der Waals surface area contributed by atoms with Gasteiger partial charge in [0.1, 0.15) is 5.82 Å². The minimum atomic E-state index is -4.41. The lowest BCUT2D eigenvalue weighted by Gasteiger charge is -2.34. The van der Waals surface area contributed by atoms with Gasteiger partial charge >= 0.3 is 12.4 Å². The highest BCUT2D eigenvalue weighted by molar-refractivity contribution is 5.76. The number of hydrogen-bond donors (Lipinski definition) is 1. The topological polar surface area (TPSA) is 48.5 Å². The van der Waals surface area contributed by atoms with E-state index in [1.165, 1.54) is 18.2 Å². The van der Waals surface area contributed by atoms with Crippen LogP contribution in [-0.2, 0) is 17.1 Å². The fraction of sp³-hybridized carbons (Fsp3) is 0.556. The fourth-order valence-corrected chi connectivity index (χ4v) is 5.17. The van der Waals surface area contributed by atoms with Crippen LogP contribution in [0.5, 0.6) is 0 Å². The molecule has 5 nitrogen and oxygen atoms in total. The molecule has 0 unspecified atom stereocenters. The minimum Gasteiger partial charge on any atom is -0.372 e. The van der Waals surface area contributed by atoms with E-state index in [1.54, 1.807) is 0 Å². The van der Waals surface area contributed by atoms with Gasteiger partial charge in [0.05, 0.1) is 11.1 Å². The van der Waals surface area contributed by atoms with Crippen LogP contribution in [0.4, 0.5) is 37.8 Å². The van der Waals surface area contributed by atoms with Gasteiger partial charge in [0.2, 0.25) is 5.91 Å². The quantitative estimate of drug-likeness (QED) is 0.400. The predicted octanol–water partition coefficient (Wildman–Crippen LogP) is 6.61. The van der Waals surface area contributed by atoms with E-state index < -0.39 is 23.5 Å². The molecule has 208 valence electrons. The molecule has 1 aromatic heterocycles. The van der Waals surface area contributed by atoms with Gasteiger partial charge in [0.25, 0.3) is 0 Å². The van der Waals surface area contributed by atoms with Gasteiger partial charge in [-0.15, -0.1) is 0 Å². The molecule has 1 amide bonds. The van der Waals surface area contributed by atoms with E-state index in [9.17, 15) is 31.1 Å². The first-order chi connectivity index (χ1) is 18.0. The number of carbonyl (C=O) groups excluding carboxylic acids is 1. The number of rotatable bonds is 7. The number of aromatic nitrogens is 1. The number of piperidine rings is 2. The zero-order valence-corrected chi connectivity index (χ0v) is 21.0. The van der Waals surface area contributed by atoms with Crippen LogP contribution in [0, 0.1) is 5.92 Å². The van der Waals surface area contributed by atoms with Gasteiger partial charge in [-0.25, -0.2) is 4.98 Å². The Morgan fingerprint density at radius 2 is 1.45 bits per heavy atom. The summed E-state index contributed by atoms with van der Waals surface area (Å²) in [4.78, 5) is 20.5. The van der Waals surface area contributed by atoms with Gasteiger partial charge in [-0.05, 0) is 80.8 Å². The first kappa shape index (κ1) is 28.0. The summed E-state index contributed by atoms with van der Waals surface area (Å²) in [6.07, 6.45) is -2.38. The van der Waals surface area contributed by atoms with E-state index >= 15 is 0 Å². The molecule has 2 aromatic rings. The van der Waals surface area contributed by atoms with E-state index in [4.69, 9.17) is 0 Å². The lowest BCUT2D eigenvalue weighted by Crippen LogP contribution is -2.42. The Morgan fingerprint density at radius 3 is 2.00 bits per heavy atom. The number of amides is 1. The molecule has 1 aromatic carbocycles. The average molecular weight is 543 g/mol. The van der Waals surface area contributed by atoms with Crippen molar-refractivity contribution in [2.75, 3.05) is 36.4 Å². The van der Waals surface area contributed by atoms with Crippen molar-refractivity contribution in [3.05, 3.63) is 53.7 Å². The first-order valence-electron chi connectivity index (χ1n) is 13.0. The number of hydrogen-bond acceptors (Lipinski definition) is 4. The van der Waals surface area contributed by atoms with Gasteiger partial charge in [-0.2, -0.15) is 26.3 Å². The summed E-state index contributed by atoms with van der Waals surface area (Å²) >= 11 is 0. The molecule has 2 aliphatic heterocycles. The van der Waals surface area contributed by atoms with E-state index in [0.717, 1.165) is 68.9 Å². The molecule has 2 saturated heterocycles. The SMILES string of the molecule is O=C(CCCC1CCN(c2ccc(C(F)(F)F)cc2)CC1)N1CCC(Nc2ccc(C(F)(F)F)cn2)CC1. The van der Waals surface area contributed by atoms with Crippen molar-refractivity contribution < 1.29 is 31.1 Å².